The van der Waals surface area contributed by atoms with Gasteiger partial charge in [0.15, 0.2) is 0 Å². The Hall–Kier alpha value is -3.95. The van der Waals surface area contributed by atoms with Crippen molar-refractivity contribution >= 4 is 27.2 Å². The molecule has 0 bridgehead atoms. The molecule has 10 nitrogen and oxygen atoms in total. The van der Waals surface area contributed by atoms with Gasteiger partial charge in [-0.3, -0.25) is 18.8 Å². The fourth-order valence-corrected chi connectivity index (χ4v) is 10.1. The van der Waals surface area contributed by atoms with E-state index in [0.29, 0.717) is 36.5 Å². The predicted octanol–water partition coefficient (Wildman–Crippen LogP) is 11.2. The molecule has 2 aliphatic heterocycles. The number of nitrogens with zero attached hydrogens (tertiary/aromatic N) is 2. The molecule has 0 saturated carbocycles. The molecule has 2 aliphatic carbocycles. The van der Waals surface area contributed by atoms with E-state index in [4.69, 9.17) is 13.6 Å². The van der Waals surface area contributed by atoms with E-state index in [2.05, 4.69) is 91.7 Å². The molecule has 320 valence electrons. The molecule has 2 atom stereocenters. The molecule has 8 rings (SSSR count). The summed E-state index contributed by atoms with van der Waals surface area (Å²) in [6.45, 7) is 14.9. The molecular weight excluding hydrogens is 794 g/mol. The summed E-state index contributed by atoms with van der Waals surface area (Å²) in [5.74, 6) is 1.89. The third-order valence-electron chi connectivity index (χ3n) is 11.1. The van der Waals surface area contributed by atoms with Crippen LogP contribution < -0.4 is 4.52 Å². The Balaban J connectivity index is 0.000000176. The molecule has 2 saturated heterocycles. The van der Waals surface area contributed by atoms with Crippen molar-refractivity contribution < 1.29 is 36.9 Å². The van der Waals surface area contributed by atoms with Crippen LogP contribution in [0.5, 0.6) is 11.5 Å². The summed E-state index contributed by atoms with van der Waals surface area (Å²) in [7, 11) is -5.40. The molecule has 1 N–H and O–H groups in total. The van der Waals surface area contributed by atoms with E-state index in [9.17, 15) is 14.2 Å². The fourth-order valence-electron chi connectivity index (χ4n) is 8.37. The second-order valence-electron chi connectivity index (χ2n) is 15.2. The average molecular weight is 856 g/mol. The van der Waals surface area contributed by atoms with Gasteiger partial charge in [-0.05, 0) is 147 Å². The maximum absolute atomic E-state index is 12.7. The Morgan fingerprint density at radius 2 is 1.15 bits per heavy atom. The first-order valence-corrected chi connectivity index (χ1v) is 24.0. The molecule has 4 aromatic rings. The fraction of sp³-hybridized carbons (Fsp3) is 0.417. The van der Waals surface area contributed by atoms with Crippen LogP contribution in [-0.4, -0.2) is 80.6 Å². The highest BCUT2D eigenvalue weighted by atomic mass is 31.2. The quantitative estimate of drug-likeness (QED) is 0.109. The van der Waals surface area contributed by atoms with Crippen LogP contribution in [0.2, 0.25) is 0 Å². The zero-order valence-electron chi connectivity index (χ0n) is 35.5. The summed E-state index contributed by atoms with van der Waals surface area (Å²) in [6.07, 6.45) is 9.15. The number of phenols is 1. The van der Waals surface area contributed by atoms with Crippen LogP contribution in [0.1, 0.15) is 85.8 Å². The van der Waals surface area contributed by atoms with Crippen molar-refractivity contribution in [1.82, 2.24) is 9.80 Å². The highest BCUT2D eigenvalue weighted by Gasteiger charge is 2.30. The number of likely N-dealkylation sites (tertiary alicyclic amines) is 2. The van der Waals surface area contributed by atoms with Gasteiger partial charge in [0.05, 0.1) is 13.2 Å². The van der Waals surface area contributed by atoms with Crippen LogP contribution in [0.3, 0.4) is 0 Å². The van der Waals surface area contributed by atoms with Gasteiger partial charge < -0.3 is 9.63 Å². The molecule has 0 aromatic heterocycles. The van der Waals surface area contributed by atoms with Gasteiger partial charge in [0.1, 0.15) is 24.7 Å². The van der Waals surface area contributed by atoms with Crippen molar-refractivity contribution in [1.29, 1.82) is 0 Å². The van der Waals surface area contributed by atoms with Crippen molar-refractivity contribution in [3.63, 3.8) is 0 Å². The zero-order valence-corrected chi connectivity index (χ0v) is 37.3. The number of fused-ring (bicyclic) bond motifs is 2. The number of allylic oxidation sites excluding steroid dienone is 2. The van der Waals surface area contributed by atoms with Crippen LogP contribution in [0.25, 0.3) is 11.1 Å². The third-order valence-corrected chi connectivity index (χ3v) is 13.6. The summed E-state index contributed by atoms with van der Waals surface area (Å²) < 4.78 is 48.3. The summed E-state index contributed by atoms with van der Waals surface area (Å²) in [4.78, 5) is 5.07. The minimum absolute atomic E-state index is 0.271. The van der Waals surface area contributed by atoms with Crippen LogP contribution in [0, 0.1) is 0 Å². The van der Waals surface area contributed by atoms with E-state index in [1.807, 2.05) is 24.3 Å². The summed E-state index contributed by atoms with van der Waals surface area (Å²) in [6, 6.07) is 33.0. The van der Waals surface area contributed by atoms with Crippen molar-refractivity contribution in [3.05, 3.63) is 143 Å². The van der Waals surface area contributed by atoms with Gasteiger partial charge in [-0.1, -0.05) is 84.9 Å². The van der Waals surface area contributed by atoms with E-state index in [-0.39, 0.29) is 13.2 Å². The smallest absolute Gasteiger partial charge is 0.508 e. The first-order chi connectivity index (χ1) is 29.2. The first kappa shape index (κ1) is 45.6. The molecular formula is C48H61N2O8P2+. The van der Waals surface area contributed by atoms with E-state index in [1.165, 1.54) is 50.9 Å². The Labute approximate surface area is 357 Å². The number of rotatable bonds is 16. The third kappa shape index (κ3) is 12.8. The van der Waals surface area contributed by atoms with Crippen LogP contribution in [0.15, 0.2) is 109 Å². The van der Waals surface area contributed by atoms with E-state index in [1.54, 1.807) is 39.8 Å². The first-order valence-electron chi connectivity index (χ1n) is 21.4. The Morgan fingerprint density at radius 3 is 1.65 bits per heavy atom. The minimum atomic E-state index is -3.57. The maximum atomic E-state index is 12.7. The van der Waals surface area contributed by atoms with E-state index >= 15 is 0 Å². The lowest BCUT2D eigenvalue weighted by atomic mass is 9.98. The van der Waals surface area contributed by atoms with Crippen LogP contribution >= 0.6 is 16.1 Å². The average Bonchev–Trinajstić information content (AvgIpc) is 4.08. The Morgan fingerprint density at radius 1 is 0.650 bits per heavy atom. The molecule has 0 radical (unpaired) electrons. The molecule has 2 unspecified atom stereocenters. The molecule has 0 spiro atoms. The number of phosphoric acid groups is 1. The molecule has 2 heterocycles. The van der Waals surface area contributed by atoms with Gasteiger partial charge in [-0.25, -0.2) is 4.57 Å². The number of aromatic hydroxyl groups is 1. The lowest BCUT2D eigenvalue weighted by Crippen LogP contribution is -2.22. The van der Waals surface area contributed by atoms with Gasteiger partial charge in [-0.2, -0.15) is 0 Å². The SMILES string of the molecule is CCOP(=O)(OCC)Oc1cccc(C2CCN(CC3=CCc4ccccc43)C2)c1.CCO[P+](=O)OCC.Oc1cccc(C2CCN(CC3=CCc4ccccc43)C2)c1. The van der Waals surface area contributed by atoms with E-state index < -0.39 is 16.1 Å². The lowest BCUT2D eigenvalue weighted by molar-refractivity contribution is 0.167. The number of benzene rings is 4. The number of phenolic OH excluding ortho intramolecular Hbond substituents is 1. The molecule has 4 aliphatic rings. The number of hydrogen-bond acceptors (Lipinski definition) is 10. The largest absolute Gasteiger partial charge is 0.697 e. The zero-order chi connectivity index (χ0) is 42.3. The Bertz CT molecular complexity index is 2120. The molecule has 0 amide bonds. The van der Waals surface area contributed by atoms with Crippen LogP contribution in [-0.2, 0) is 40.1 Å². The normalized spacial score (nSPS) is 18.4. The van der Waals surface area contributed by atoms with Gasteiger partial charge in [0, 0.05) is 30.7 Å². The standard InChI is InChI=1S/C24H30NO4P.C20H21NO.C4H10O3P/c1-3-27-30(26,28-4-2)29-23-10-7-9-20(16-23)21-14-15-25(17-21)18-22-13-12-19-8-5-6-11-24(19)22;22-19-6-3-5-16(12-19)17-10-11-21(13-17)14-18-9-8-15-4-1-2-7-20(15)18;1-3-6-8(5)7-4-2/h5-11,13,16,21H,3-4,12,14-15,17-18H2,1-2H3;1-7,9,12,17,22H,8,10-11,13-14H2;3-4H2,1-2H3/q;;+1. The van der Waals surface area contributed by atoms with Crippen molar-refractivity contribution in [2.45, 2.75) is 65.2 Å². The number of phosphoric ester groups is 1. The van der Waals surface area contributed by atoms with Crippen LogP contribution in [0.4, 0.5) is 0 Å². The van der Waals surface area contributed by atoms with Gasteiger partial charge in [0.25, 0.3) is 0 Å². The second kappa shape index (κ2) is 22.8. The highest BCUT2D eigenvalue weighted by molar-refractivity contribution is 7.48. The van der Waals surface area contributed by atoms with Gasteiger partial charge in [-0.15, -0.1) is 9.05 Å². The Kier molecular flexibility index (Phi) is 17.3. The second-order valence-corrected chi connectivity index (χ2v) is 17.8. The maximum Gasteiger partial charge on any atom is 0.697 e. The minimum Gasteiger partial charge on any atom is -0.508 e. The van der Waals surface area contributed by atoms with Gasteiger partial charge >= 0.3 is 16.1 Å². The van der Waals surface area contributed by atoms with E-state index in [0.717, 1.165) is 58.5 Å². The van der Waals surface area contributed by atoms with Gasteiger partial charge in [0.2, 0.25) is 0 Å². The van der Waals surface area contributed by atoms with Crippen molar-refractivity contribution in [2.75, 3.05) is 65.7 Å². The molecule has 12 heteroatoms. The summed E-state index contributed by atoms with van der Waals surface area (Å²) >= 11 is 0. The predicted molar refractivity (Wildman–Crippen MR) is 241 cm³/mol. The number of hydrogen-bond donors (Lipinski definition) is 1. The summed E-state index contributed by atoms with van der Waals surface area (Å²) in [5, 5.41) is 9.66. The monoisotopic (exact) mass is 855 g/mol. The summed E-state index contributed by atoms with van der Waals surface area (Å²) in [5.41, 5.74) is 11.1. The van der Waals surface area contributed by atoms with Crippen molar-refractivity contribution in [2.24, 2.45) is 0 Å². The highest BCUT2D eigenvalue weighted by Crippen LogP contribution is 2.49. The molecule has 4 aromatic carbocycles. The molecule has 60 heavy (non-hydrogen) atoms. The molecule has 2 fully saturated rings. The van der Waals surface area contributed by atoms with Crippen molar-refractivity contribution in [3.8, 4) is 11.5 Å². The lowest BCUT2D eigenvalue weighted by Gasteiger charge is -2.19. The topological polar surface area (TPSA) is 107 Å².